The molecule has 1 aromatic rings. The summed E-state index contributed by atoms with van der Waals surface area (Å²) in [7, 11) is 0. The van der Waals surface area contributed by atoms with Crippen molar-refractivity contribution in [3.8, 4) is 0 Å². The summed E-state index contributed by atoms with van der Waals surface area (Å²) in [5.41, 5.74) is 6.07. The van der Waals surface area contributed by atoms with Gasteiger partial charge in [-0.25, -0.2) is 0 Å². The highest BCUT2D eigenvalue weighted by molar-refractivity contribution is 5.02. The average Bonchev–Trinajstić information content (AvgIpc) is 2.97. The van der Waals surface area contributed by atoms with Gasteiger partial charge in [0.1, 0.15) is 0 Å². The first kappa shape index (κ1) is 11.2. The van der Waals surface area contributed by atoms with Crippen LogP contribution in [0.4, 0.5) is 0 Å². The normalized spacial score (nSPS) is 30.0. The second-order valence-electron chi connectivity index (χ2n) is 5.80. The van der Waals surface area contributed by atoms with Gasteiger partial charge in [-0.1, -0.05) is 12.1 Å². The Hall–Kier alpha value is -0.940. The molecule has 5 heteroatoms. The van der Waals surface area contributed by atoms with Crippen LogP contribution in [0.2, 0.25) is 0 Å². The van der Waals surface area contributed by atoms with Crippen molar-refractivity contribution < 1.29 is 4.52 Å². The Kier molecular flexibility index (Phi) is 2.67. The maximum Gasteiger partial charge on any atom is 0.229 e. The molecular formula is C12H20N4O. The lowest BCUT2D eigenvalue weighted by atomic mass is 9.90. The third-order valence-corrected chi connectivity index (χ3v) is 3.91. The summed E-state index contributed by atoms with van der Waals surface area (Å²) >= 11 is 0. The molecule has 0 bridgehead atoms. The summed E-state index contributed by atoms with van der Waals surface area (Å²) < 4.78 is 5.26. The standard InChI is InChI=1S/C12H20N4O/c1-12(7-13)4-5-16(8-12)6-10-14-11(17-15-10)9-2-3-9/h9H,2-8,13H2,1H3. The van der Waals surface area contributed by atoms with E-state index in [4.69, 9.17) is 10.3 Å². The Bertz CT molecular complexity index is 401. The van der Waals surface area contributed by atoms with Gasteiger partial charge in [0.2, 0.25) is 5.89 Å². The van der Waals surface area contributed by atoms with E-state index in [0.717, 1.165) is 44.3 Å². The van der Waals surface area contributed by atoms with Gasteiger partial charge in [-0.3, -0.25) is 4.90 Å². The first-order valence-corrected chi connectivity index (χ1v) is 6.43. The van der Waals surface area contributed by atoms with Crippen molar-refractivity contribution in [3.05, 3.63) is 11.7 Å². The first-order valence-electron chi connectivity index (χ1n) is 6.43. The maximum atomic E-state index is 5.80. The van der Waals surface area contributed by atoms with E-state index in [1.54, 1.807) is 0 Å². The van der Waals surface area contributed by atoms with Crippen LogP contribution < -0.4 is 5.73 Å². The predicted octanol–water partition coefficient (Wildman–Crippen LogP) is 1.12. The van der Waals surface area contributed by atoms with E-state index in [1.807, 2.05) is 0 Å². The van der Waals surface area contributed by atoms with Crippen LogP contribution in [0.5, 0.6) is 0 Å². The molecule has 94 valence electrons. The molecule has 1 saturated carbocycles. The topological polar surface area (TPSA) is 68.2 Å². The van der Waals surface area contributed by atoms with E-state index >= 15 is 0 Å². The van der Waals surface area contributed by atoms with Gasteiger partial charge >= 0.3 is 0 Å². The number of hydrogen-bond acceptors (Lipinski definition) is 5. The van der Waals surface area contributed by atoms with E-state index in [2.05, 4.69) is 22.0 Å². The van der Waals surface area contributed by atoms with Crippen molar-refractivity contribution in [1.82, 2.24) is 15.0 Å². The molecular weight excluding hydrogens is 216 g/mol. The van der Waals surface area contributed by atoms with Crippen molar-refractivity contribution in [2.45, 2.75) is 38.6 Å². The van der Waals surface area contributed by atoms with E-state index in [0.29, 0.717) is 5.92 Å². The van der Waals surface area contributed by atoms with Crippen LogP contribution >= 0.6 is 0 Å². The van der Waals surface area contributed by atoms with Gasteiger partial charge in [-0.2, -0.15) is 4.98 Å². The SMILES string of the molecule is CC1(CN)CCN(Cc2noc(C3CC3)n2)C1. The third-order valence-electron chi connectivity index (χ3n) is 3.91. The molecule has 1 saturated heterocycles. The summed E-state index contributed by atoms with van der Waals surface area (Å²) in [6.07, 6.45) is 3.57. The molecule has 1 atom stereocenters. The quantitative estimate of drug-likeness (QED) is 0.848. The molecule has 1 aromatic heterocycles. The van der Waals surface area contributed by atoms with Crippen LogP contribution in [0.15, 0.2) is 4.52 Å². The minimum Gasteiger partial charge on any atom is -0.339 e. The molecule has 2 fully saturated rings. The van der Waals surface area contributed by atoms with Gasteiger partial charge in [0.05, 0.1) is 6.54 Å². The van der Waals surface area contributed by atoms with Crippen molar-refractivity contribution in [1.29, 1.82) is 0 Å². The number of likely N-dealkylation sites (tertiary alicyclic amines) is 1. The summed E-state index contributed by atoms with van der Waals surface area (Å²) in [6.45, 7) is 5.92. The van der Waals surface area contributed by atoms with E-state index in [9.17, 15) is 0 Å². The molecule has 1 unspecified atom stereocenters. The number of hydrogen-bond donors (Lipinski definition) is 1. The molecule has 1 aliphatic heterocycles. The zero-order valence-corrected chi connectivity index (χ0v) is 10.4. The van der Waals surface area contributed by atoms with Crippen LogP contribution in [0.25, 0.3) is 0 Å². The lowest BCUT2D eigenvalue weighted by molar-refractivity contribution is 0.264. The van der Waals surface area contributed by atoms with Crippen molar-refractivity contribution in [2.75, 3.05) is 19.6 Å². The highest BCUT2D eigenvalue weighted by atomic mass is 16.5. The molecule has 0 aromatic carbocycles. The molecule has 17 heavy (non-hydrogen) atoms. The highest BCUT2D eigenvalue weighted by Gasteiger charge is 2.34. The zero-order valence-electron chi connectivity index (χ0n) is 10.4. The molecule has 2 heterocycles. The van der Waals surface area contributed by atoms with Gasteiger partial charge in [0.25, 0.3) is 0 Å². The van der Waals surface area contributed by atoms with Crippen molar-refractivity contribution >= 4 is 0 Å². The smallest absolute Gasteiger partial charge is 0.229 e. The second kappa shape index (κ2) is 4.07. The van der Waals surface area contributed by atoms with E-state index in [1.165, 1.54) is 12.8 Å². The Morgan fingerprint density at radius 1 is 1.53 bits per heavy atom. The van der Waals surface area contributed by atoms with E-state index in [-0.39, 0.29) is 5.41 Å². The molecule has 5 nitrogen and oxygen atoms in total. The van der Waals surface area contributed by atoms with Gasteiger partial charge in [-0.05, 0) is 37.8 Å². The Labute approximate surface area is 101 Å². The van der Waals surface area contributed by atoms with Crippen molar-refractivity contribution in [3.63, 3.8) is 0 Å². The molecule has 2 aliphatic rings. The number of nitrogens with zero attached hydrogens (tertiary/aromatic N) is 3. The number of rotatable bonds is 4. The van der Waals surface area contributed by atoms with Crippen LogP contribution in [-0.4, -0.2) is 34.7 Å². The lowest BCUT2D eigenvalue weighted by Gasteiger charge is -2.21. The Balaban J connectivity index is 1.59. The number of aromatic nitrogens is 2. The predicted molar refractivity (Wildman–Crippen MR) is 63.3 cm³/mol. The highest BCUT2D eigenvalue weighted by Crippen LogP contribution is 2.39. The zero-order chi connectivity index (χ0) is 11.9. The van der Waals surface area contributed by atoms with Gasteiger partial charge in [-0.15, -0.1) is 0 Å². The van der Waals surface area contributed by atoms with Gasteiger partial charge < -0.3 is 10.3 Å². The second-order valence-corrected chi connectivity index (χ2v) is 5.80. The molecule has 1 aliphatic carbocycles. The van der Waals surface area contributed by atoms with Crippen LogP contribution in [0, 0.1) is 5.41 Å². The van der Waals surface area contributed by atoms with Gasteiger partial charge in [0, 0.05) is 12.5 Å². The summed E-state index contributed by atoms with van der Waals surface area (Å²) in [4.78, 5) is 6.83. The molecule has 2 N–H and O–H groups in total. The van der Waals surface area contributed by atoms with Crippen molar-refractivity contribution in [2.24, 2.45) is 11.1 Å². The summed E-state index contributed by atoms with van der Waals surface area (Å²) in [5.74, 6) is 2.21. The van der Waals surface area contributed by atoms with Crippen LogP contribution in [0.1, 0.15) is 43.8 Å². The largest absolute Gasteiger partial charge is 0.339 e. The third kappa shape index (κ3) is 2.35. The molecule has 3 rings (SSSR count). The van der Waals surface area contributed by atoms with Crippen LogP contribution in [0.3, 0.4) is 0 Å². The molecule has 0 radical (unpaired) electrons. The van der Waals surface area contributed by atoms with Crippen LogP contribution in [-0.2, 0) is 6.54 Å². The molecule has 0 spiro atoms. The minimum absolute atomic E-state index is 0.267. The fourth-order valence-electron chi connectivity index (χ4n) is 2.46. The summed E-state index contributed by atoms with van der Waals surface area (Å²) in [6, 6.07) is 0. The Morgan fingerprint density at radius 3 is 3.00 bits per heavy atom. The monoisotopic (exact) mass is 236 g/mol. The summed E-state index contributed by atoms with van der Waals surface area (Å²) in [5, 5.41) is 4.06. The Morgan fingerprint density at radius 2 is 2.35 bits per heavy atom. The first-order chi connectivity index (χ1) is 8.18. The fraction of sp³-hybridized carbons (Fsp3) is 0.833. The maximum absolute atomic E-state index is 5.80. The average molecular weight is 236 g/mol. The van der Waals surface area contributed by atoms with Gasteiger partial charge in [0.15, 0.2) is 5.82 Å². The fourth-order valence-corrected chi connectivity index (χ4v) is 2.46. The minimum atomic E-state index is 0.267. The molecule has 0 amide bonds. The lowest BCUT2D eigenvalue weighted by Crippen LogP contribution is -2.31. The van der Waals surface area contributed by atoms with E-state index < -0.39 is 0 Å². The number of nitrogens with two attached hydrogens (primary N) is 1.